The third-order valence-electron chi connectivity index (χ3n) is 3.00. The topological polar surface area (TPSA) is 50.4 Å². The maximum Gasteiger partial charge on any atom is 0.250 e. The van der Waals surface area contributed by atoms with Crippen LogP contribution in [0.1, 0.15) is 19.4 Å². The molecule has 7 heteroatoms. The molecular formula is C15H19BrClFN2O2. The van der Waals surface area contributed by atoms with Gasteiger partial charge >= 0.3 is 0 Å². The molecule has 0 radical (unpaired) electrons. The van der Waals surface area contributed by atoms with Gasteiger partial charge in [0.15, 0.2) is 0 Å². The Balaban J connectivity index is 3.12. The number of alkyl halides is 2. The minimum Gasteiger partial charge on any atom is -0.487 e. The second kappa shape index (κ2) is 9.12. The highest BCUT2D eigenvalue weighted by Gasteiger charge is 2.20. The first-order valence-electron chi connectivity index (χ1n) is 6.69. The van der Waals surface area contributed by atoms with Gasteiger partial charge in [-0.2, -0.15) is 0 Å². The van der Waals surface area contributed by atoms with Gasteiger partial charge in [-0.05, 0) is 38.1 Å². The molecule has 1 rings (SSSR count). The lowest BCUT2D eigenvalue weighted by atomic mass is 10.1. The quantitative estimate of drug-likeness (QED) is 0.324. The second-order valence-corrected chi connectivity index (χ2v) is 5.86. The van der Waals surface area contributed by atoms with Crippen molar-refractivity contribution < 1.29 is 13.9 Å². The number of halogens is 3. The molecule has 1 aromatic rings. The van der Waals surface area contributed by atoms with Crippen molar-refractivity contribution in [3.63, 3.8) is 0 Å². The predicted octanol–water partition coefficient (Wildman–Crippen LogP) is 3.21. The van der Waals surface area contributed by atoms with E-state index >= 15 is 0 Å². The summed E-state index contributed by atoms with van der Waals surface area (Å²) in [6.45, 7) is 3.49. The van der Waals surface area contributed by atoms with Crippen LogP contribution in [0.2, 0.25) is 0 Å². The molecule has 0 heterocycles. The summed E-state index contributed by atoms with van der Waals surface area (Å²) in [6.07, 6.45) is -0.307. The average molecular weight is 394 g/mol. The number of hydrogen-bond acceptors (Lipinski definition) is 3. The van der Waals surface area contributed by atoms with Gasteiger partial charge in [0.2, 0.25) is 5.91 Å². The number of rotatable bonds is 7. The molecule has 0 aliphatic rings. The van der Waals surface area contributed by atoms with E-state index in [0.717, 1.165) is 0 Å². The Morgan fingerprint density at radius 1 is 1.41 bits per heavy atom. The predicted molar refractivity (Wildman–Crippen MR) is 90.2 cm³/mol. The second-order valence-electron chi connectivity index (χ2n) is 4.60. The highest BCUT2D eigenvalue weighted by Crippen LogP contribution is 2.24. The molecule has 1 amide bonds. The summed E-state index contributed by atoms with van der Waals surface area (Å²) in [5.74, 6) is -0.216. The normalized spacial score (nSPS) is 14.8. The number of ether oxygens (including phenoxy) is 1. The summed E-state index contributed by atoms with van der Waals surface area (Å²) in [6, 6.07) is 6.05. The Morgan fingerprint density at radius 3 is 2.50 bits per heavy atom. The van der Waals surface area contributed by atoms with E-state index in [9.17, 15) is 9.18 Å². The Labute approximate surface area is 143 Å². The molecule has 0 fully saturated rings. The van der Waals surface area contributed by atoms with Crippen molar-refractivity contribution in [1.29, 1.82) is 0 Å². The van der Waals surface area contributed by atoms with Crippen LogP contribution >= 0.6 is 27.5 Å². The van der Waals surface area contributed by atoms with Crippen LogP contribution in [0.25, 0.3) is 5.76 Å². The molecular weight excluding hydrogens is 375 g/mol. The summed E-state index contributed by atoms with van der Waals surface area (Å²) in [4.78, 5) is 11.7. The number of likely N-dealkylation sites (N-methyl/N-ethyl adjacent to an activating group) is 1. The van der Waals surface area contributed by atoms with Crippen molar-refractivity contribution in [2.75, 3.05) is 13.1 Å². The van der Waals surface area contributed by atoms with Gasteiger partial charge in [-0.3, -0.25) is 10.1 Å². The zero-order chi connectivity index (χ0) is 16.7. The lowest BCUT2D eigenvalue weighted by Crippen LogP contribution is -2.34. The Kier molecular flexibility index (Phi) is 7.85. The number of amides is 1. The van der Waals surface area contributed by atoms with Crippen LogP contribution in [-0.2, 0) is 9.53 Å². The fourth-order valence-corrected chi connectivity index (χ4v) is 2.37. The van der Waals surface area contributed by atoms with Gasteiger partial charge in [-0.15, -0.1) is 11.6 Å². The fourth-order valence-electron chi connectivity index (χ4n) is 1.75. The molecule has 0 spiro atoms. The van der Waals surface area contributed by atoms with E-state index < -0.39 is 0 Å². The van der Waals surface area contributed by atoms with Gasteiger partial charge < -0.3 is 10.1 Å². The third kappa shape index (κ3) is 5.26. The highest BCUT2D eigenvalue weighted by molar-refractivity contribution is 9.09. The van der Waals surface area contributed by atoms with Crippen molar-refractivity contribution in [2.24, 2.45) is 0 Å². The van der Waals surface area contributed by atoms with Crippen molar-refractivity contribution in [1.82, 2.24) is 10.6 Å². The van der Waals surface area contributed by atoms with Gasteiger partial charge in [0.25, 0.3) is 0 Å². The highest BCUT2D eigenvalue weighted by atomic mass is 79.9. The van der Waals surface area contributed by atoms with Crippen LogP contribution in [0, 0.1) is 5.82 Å². The number of carbonyl (C=O) groups excluding carboxylic acids is 1. The summed E-state index contributed by atoms with van der Waals surface area (Å²) >= 11 is 9.05. The SMILES string of the molecule is CNC(=O)/C(C)=C(/OC(C)[C@@H](Br)NCCl)c1ccc(F)cc1. The fraction of sp³-hybridized carbons (Fsp3) is 0.400. The Bertz CT molecular complexity index is 537. The number of benzene rings is 1. The molecule has 0 aliphatic carbocycles. The first-order valence-corrected chi connectivity index (χ1v) is 8.14. The summed E-state index contributed by atoms with van der Waals surface area (Å²) in [5, 5.41) is 5.52. The molecule has 0 bridgehead atoms. The van der Waals surface area contributed by atoms with Crippen molar-refractivity contribution in [3.05, 3.63) is 41.2 Å². The molecule has 22 heavy (non-hydrogen) atoms. The zero-order valence-corrected chi connectivity index (χ0v) is 15.0. The molecule has 1 aromatic carbocycles. The van der Waals surface area contributed by atoms with E-state index in [-0.39, 0.29) is 28.8 Å². The lowest BCUT2D eigenvalue weighted by molar-refractivity contribution is -0.117. The van der Waals surface area contributed by atoms with Crippen LogP contribution in [-0.4, -0.2) is 30.0 Å². The van der Waals surface area contributed by atoms with E-state index in [1.165, 1.54) is 12.1 Å². The average Bonchev–Trinajstić information content (AvgIpc) is 2.52. The van der Waals surface area contributed by atoms with Crippen LogP contribution in [0.15, 0.2) is 29.8 Å². The lowest BCUT2D eigenvalue weighted by Gasteiger charge is -2.23. The number of hydrogen-bond donors (Lipinski definition) is 2. The zero-order valence-electron chi connectivity index (χ0n) is 12.6. The molecule has 122 valence electrons. The van der Waals surface area contributed by atoms with Crippen molar-refractivity contribution in [2.45, 2.75) is 24.9 Å². The van der Waals surface area contributed by atoms with E-state index in [1.54, 1.807) is 26.1 Å². The van der Waals surface area contributed by atoms with Gasteiger partial charge in [-0.1, -0.05) is 15.9 Å². The maximum atomic E-state index is 13.1. The van der Waals surface area contributed by atoms with Gasteiger partial charge in [0.05, 0.1) is 11.6 Å². The Hall–Kier alpha value is -1.11. The maximum absolute atomic E-state index is 13.1. The molecule has 0 saturated heterocycles. The number of nitrogens with one attached hydrogen (secondary N) is 2. The van der Waals surface area contributed by atoms with Gasteiger partial charge in [0, 0.05) is 12.6 Å². The van der Waals surface area contributed by atoms with Crippen molar-refractivity contribution >= 4 is 39.2 Å². The molecule has 0 aliphatic heterocycles. The minimum atomic E-state index is -0.351. The molecule has 4 nitrogen and oxygen atoms in total. The van der Waals surface area contributed by atoms with Crippen LogP contribution in [0.4, 0.5) is 4.39 Å². The Morgan fingerprint density at radius 2 is 2.00 bits per heavy atom. The van der Waals surface area contributed by atoms with E-state index in [0.29, 0.717) is 16.9 Å². The molecule has 0 aromatic heterocycles. The van der Waals surface area contributed by atoms with E-state index in [2.05, 4.69) is 26.6 Å². The third-order valence-corrected chi connectivity index (χ3v) is 4.23. The summed E-state index contributed by atoms with van der Waals surface area (Å²) < 4.78 is 19.0. The van der Waals surface area contributed by atoms with Crippen LogP contribution < -0.4 is 10.6 Å². The first-order chi connectivity index (χ1) is 10.4. The smallest absolute Gasteiger partial charge is 0.250 e. The molecule has 2 N–H and O–H groups in total. The first kappa shape index (κ1) is 18.9. The van der Waals surface area contributed by atoms with E-state index in [1.807, 2.05) is 6.92 Å². The molecule has 2 atom stereocenters. The van der Waals surface area contributed by atoms with Gasteiger partial charge in [0.1, 0.15) is 22.6 Å². The monoisotopic (exact) mass is 392 g/mol. The van der Waals surface area contributed by atoms with Gasteiger partial charge in [-0.25, -0.2) is 4.39 Å². The molecule has 1 unspecified atom stereocenters. The standard InChI is InChI=1S/C15H19BrClFN2O2/c1-9(15(21)19-3)13(11-4-6-12(18)7-5-11)22-10(2)14(16)20-8-17/h4-7,10,14,20H,8H2,1-3H3,(H,19,21)/b13-9+/t10?,14-/m0/s1. The molecule has 0 saturated carbocycles. The summed E-state index contributed by atoms with van der Waals surface area (Å²) in [5.41, 5.74) is 1.03. The minimum absolute atomic E-state index is 0.196. The van der Waals surface area contributed by atoms with Crippen LogP contribution in [0.3, 0.4) is 0 Å². The van der Waals surface area contributed by atoms with Crippen molar-refractivity contribution in [3.8, 4) is 0 Å². The van der Waals surface area contributed by atoms with Crippen LogP contribution in [0.5, 0.6) is 0 Å². The largest absolute Gasteiger partial charge is 0.487 e. The number of carbonyl (C=O) groups is 1. The van der Waals surface area contributed by atoms with E-state index in [4.69, 9.17) is 16.3 Å². The summed E-state index contributed by atoms with van der Waals surface area (Å²) in [7, 11) is 1.54.